The fraction of sp³-hybridized carbons (Fsp3) is 0.588. The second-order valence-corrected chi connectivity index (χ2v) is 6.06. The van der Waals surface area contributed by atoms with E-state index < -0.39 is 0 Å². The van der Waals surface area contributed by atoms with Crippen molar-refractivity contribution in [2.75, 3.05) is 39.5 Å². The van der Waals surface area contributed by atoms with Crippen LogP contribution in [0.15, 0.2) is 24.3 Å². The Hall–Kier alpha value is -1.63. The number of hydrogen-bond donors (Lipinski definition) is 3. The molecule has 128 valence electrons. The van der Waals surface area contributed by atoms with Crippen molar-refractivity contribution < 1.29 is 14.6 Å². The van der Waals surface area contributed by atoms with E-state index in [-0.39, 0.29) is 18.6 Å². The average Bonchev–Trinajstić information content (AvgIpc) is 2.60. The number of urea groups is 1. The monoisotopic (exact) mass is 321 g/mol. The van der Waals surface area contributed by atoms with Crippen molar-refractivity contribution in [3.8, 4) is 0 Å². The Balaban J connectivity index is 1.70. The van der Waals surface area contributed by atoms with Crippen molar-refractivity contribution in [3.05, 3.63) is 35.4 Å². The van der Waals surface area contributed by atoms with Crippen LogP contribution in [-0.4, -0.2) is 55.5 Å². The first-order valence-electron chi connectivity index (χ1n) is 8.18. The van der Waals surface area contributed by atoms with Crippen LogP contribution in [0.1, 0.15) is 18.1 Å². The van der Waals surface area contributed by atoms with Gasteiger partial charge in [0.2, 0.25) is 0 Å². The van der Waals surface area contributed by atoms with Crippen LogP contribution >= 0.6 is 0 Å². The Labute approximate surface area is 137 Å². The van der Waals surface area contributed by atoms with E-state index in [0.717, 1.165) is 38.4 Å². The Kier molecular flexibility index (Phi) is 7.32. The van der Waals surface area contributed by atoms with Gasteiger partial charge in [0, 0.05) is 39.3 Å². The first-order valence-corrected chi connectivity index (χ1v) is 8.18. The number of rotatable bonds is 7. The van der Waals surface area contributed by atoms with Crippen molar-refractivity contribution >= 4 is 6.03 Å². The number of benzene rings is 1. The molecule has 1 aromatic rings. The van der Waals surface area contributed by atoms with E-state index in [1.807, 2.05) is 19.1 Å². The van der Waals surface area contributed by atoms with Crippen LogP contribution in [0, 0.1) is 5.92 Å². The normalized spacial score (nSPS) is 16.8. The lowest BCUT2D eigenvalue weighted by Crippen LogP contribution is -2.38. The maximum atomic E-state index is 11.6. The minimum Gasteiger partial charge on any atom is -0.396 e. The topological polar surface area (TPSA) is 73.8 Å². The van der Waals surface area contributed by atoms with Gasteiger partial charge in [0.25, 0.3) is 0 Å². The maximum absolute atomic E-state index is 11.6. The summed E-state index contributed by atoms with van der Waals surface area (Å²) in [6.45, 7) is 7.45. The van der Waals surface area contributed by atoms with Gasteiger partial charge in [-0.05, 0) is 17.0 Å². The van der Waals surface area contributed by atoms with Crippen molar-refractivity contribution in [1.29, 1.82) is 0 Å². The van der Waals surface area contributed by atoms with E-state index in [0.29, 0.717) is 13.1 Å². The molecule has 0 saturated carbocycles. The van der Waals surface area contributed by atoms with Gasteiger partial charge in [0.15, 0.2) is 0 Å². The minimum atomic E-state index is -0.206. The Morgan fingerprint density at radius 1 is 1.22 bits per heavy atom. The molecule has 0 radical (unpaired) electrons. The lowest BCUT2D eigenvalue weighted by molar-refractivity contribution is 0.0342. The number of morpholine rings is 1. The second kappa shape index (κ2) is 9.50. The quantitative estimate of drug-likeness (QED) is 0.699. The van der Waals surface area contributed by atoms with Crippen LogP contribution in [0.4, 0.5) is 4.79 Å². The van der Waals surface area contributed by atoms with Gasteiger partial charge < -0.3 is 20.5 Å². The highest BCUT2D eigenvalue weighted by atomic mass is 16.5. The lowest BCUT2D eigenvalue weighted by Gasteiger charge is -2.26. The number of carbonyl (C=O) groups excluding carboxylic acids is 1. The van der Waals surface area contributed by atoms with Crippen molar-refractivity contribution in [1.82, 2.24) is 15.5 Å². The van der Waals surface area contributed by atoms with Crippen molar-refractivity contribution in [2.24, 2.45) is 5.92 Å². The maximum Gasteiger partial charge on any atom is 0.315 e. The molecule has 2 amide bonds. The van der Waals surface area contributed by atoms with Crippen LogP contribution in [0.25, 0.3) is 0 Å². The largest absolute Gasteiger partial charge is 0.396 e. The molecule has 1 saturated heterocycles. The third-order valence-electron chi connectivity index (χ3n) is 3.91. The van der Waals surface area contributed by atoms with Crippen molar-refractivity contribution in [2.45, 2.75) is 20.0 Å². The molecule has 0 spiro atoms. The number of nitrogens with zero attached hydrogens (tertiary/aromatic N) is 1. The van der Waals surface area contributed by atoms with Gasteiger partial charge in [-0.2, -0.15) is 0 Å². The fourth-order valence-electron chi connectivity index (χ4n) is 2.36. The molecule has 2 rings (SSSR count). The molecule has 6 nitrogen and oxygen atoms in total. The molecule has 1 aliphatic heterocycles. The molecule has 1 heterocycles. The third kappa shape index (κ3) is 6.56. The Morgan fingerprint density at radius 3 is 2.52 bits per heavy atom. The second-order valence-electron chi connectivity index (χ2n) is 6.06. The van der Waals surface area contributed by atoms with Gasteiger partial charge in [0.05, 0.1) is 13.2 Å². The van der Waals surface area contributed by atoms with Gasteiger partial charge >= 0.3 is 6.03 Å². The van der Waals surface area contributed by atoms with E-state index in [1.165, 1.54) is 5.56 Å². The van der Waals surface area contributed by atoms with E-state index >= 15 is 0 Å². The highest BCUT2D eigenvalue weighted by Crippen LogP contribution is 2.09. The van der Waals surface area contributed by atoms with Crippen molar-refractivity contribution in [3.63, 3.8) is 0 Å². The molecular formula is C17H27N3O3. The Bertz CT molecular complexity index is 472. The number of amides is 2. The summed E-state index contributed by atoms with van der Waals surface area (Å²) in [4.78, 5) is 14.0. The molecule has 1 unspecified atom stereocenters. The summed E-state index contributed by atoms with van der Waals surface area (Å²) in [5.41, 5.74) is 2.35. The summed E-state index contributed by atoms with van der Waals surface area (Å²) in [6.07, 6.45) is 0. The molecule has 1 aliphatic rings. The standard InChI is InChI=1S/C17H27N3O3/c1-14(13-21)10-18-17(22)19-11-15-2-4-16(5-3-15)12-20-6-8-23-9-7-20/h2-5,14,21H,6-13H2,1H3,(H2,18,19,22). The molecule has 6 heteroatoms. The number of aliphatic hydroxyl groups is 1. The molecule has 1 aromatic carbocycles. The van der Waals surface area contributed by atoms with Crippen LogP contribution in [0.5, 0.6) is 0 Å². The van der Waals surface area contributed by atoms with Crippen LogP contribution in [0.3, 0.4) is 0 Å². The summed E-state index contributed by atoms with van der Waals surface area (Å²) >= 11 is 0. The van der Waals surface area contributed by atoms with Gasteiger partial charge in [-0.15, -0.1) is 0 Å². The van der Waals surface area contributed by atoms with Crippen LogP contribution in [0.2, 0.25) is 0 Å². The van der Waals surface area contributed by atoms with Gasteiger partial charge in [-0.25, -0.2) is 4.79 Å². The van der Waals surface area contributed by atoms with E-state index in [1.54, 1.807) is 0 Å². The number of aliphatic hydroxyl groups excluding tert-OH is 1. The van der Waals surface area contributed by atoms with E-state index in [2.05, 4.69) is 27.7 Å². The van der Waals surface area contributed by atoms with Gasteiger partial charge in [-0.1, -0.05) is 31.2 Å². The third-order valence-corrected chi connectivity index (χ3v) is 3.91. The zero-order valence-electron chi connectivity index (χ0n) is 13.8. The highest BCUT2D eigenvalue weighted by Gasteiger charge is 2.10. The zero-order valence-corrected chi connectivity index (χ0v) is 13.8. The molecule has 1 atom stereocenters. The molecule has 0 aliphatic carbocycles. The van der Waals surface area contributed by atoms with Gasteiger partial charge in [-0.3, -0.25) is 4.90 Å². The minimum absolute atomic E-state index is 0.0696. The zero-order chi connectivity index (χ0) is 16.5. The van der Waals surface area contributed by atoms with Crippen LogP contribution in [-0.2, 0) is 17.8 Å². The summed E-state index contributed by atoms with van der Waals surface area (Å²) in [5, 5.41) is 14.5. The first kappa shape index (κ1) is 17.7. The molecular weight excluding hydrogens is 294 g/mol. The number of carbonyl (C=O) groups is 1. The lowest BCUT2D eigenvalue weighted by atomic mass is 10.1. The smallest absolute Gasteiger partial charge is 0.315 e. The molecule has 0 bridgehead atoms. The highest BCUT2D eigenvalue weighted by molar-refractivity contribution is 5.73. The molecule has 23 heavy (non-hydrogen) atoms. The SMILES string of the molecule is CC(CO)CNC(=O)NCc1ccc(CN2CCOCC2)cc1. The van der Waals surface area contributed by atoms with E-state index in [4.69, 9.17) is 9.84 Å². The van der Waals surface area contributed by atoms with Crippen LogP contribution < -0.4 is 10.6 Å². The Morgan fingerprint density at radius 2 is 1.87 bits per heavy atom. The average molecular weight is 321 g/mol. The predicted molar refractivity (Wildman–Crippen MR) is 89.0 cm³/mol. The fourth-order valence-corrected chi connectivity index (χ4v) is 2.36. The molecule has 1 fully saturated rings. The summed E-state index contributed by atoms with van der Waals surface area (Å²) in [6, 6.07) is 8.11. The summed E-state index contributed by atoms with van der Waals surface area (Å²) in [5.74, 6) is 0.0696. The first-order chi connectivity index (χ1) is 11.2. The van der Waals surface area contributed by atoms with E-state index in [9.17, 15) is 4.79 Å². The summed E-state index contributed by atoms with van der Waals surface area (Å²) < 4.78 is 5.35. The predicted octanol–water partition coefficient (Wildman–Crippen LogP) is 0.946. The molecule has 3 N–H and O–H groups in total. The number of ether oxygens (including phenoxy) is 1. The number of hydrogen-bond acceptors (Lipinski definition) is 4. The van der Waals surface area contributed by atoms with Gasteiger partial charge in [0.1, 0.15) is 0 Å². The summed E-state index contributed by atoms with van der Waals surface area (Å²) in [7, 11) is 0. The molecule has 0 aromatic heterocycles. The number of nitrogens with one attached hydrogen (secondary N) is 2.